The van der Waals surface area contributed by atoms with E-state index in [1.807, 2.05) is 0 Å². The quantitative estimate of drug-likeness (QED) is 0.503. The Bertz CT molecular complexity index is 119. The van der Waals surface area contributed by atoms with Gasteiger partial charge in [-0.3, -0.25) is 0 Å². The molecule has 0 aliphatic heterocycles. The smallest absolute Gasteiger partial charge is 1.00 e. The second-order valence-electron chi connectivity index (χ2n) is 3.66. The summed E-state index contributed by atoms with van der Waals surface area (Å²) in [4.78, 5) is 0. The van der Waals surface area contributed by atoms with Crippen LogP contribution in [0.25, 0.3) is 0 Å². The van der Waals surface area contributed by atoms with Gasteiger partial charge in [0.15, 0.2) is 8.32 Å². The van der Waals surface area contributed by atoms with E-state index in [0.29, 0.717) is 6.10 Å². The van der Waals surface area contributed by atoms with E-state index >= 15 is 0 Å². The van der Waals surface area contributed by atoms with Gasteiger partial charge in [-0.05, 0) is 25.9 Å². The monoisotopic (exact) mass is 290 g/mol. The predicted molar refractivity (Wildman–Crippen MR) is 63.5 cm³/mol. The molecule has 0 fully saturated rings. The third-order valence-electron chi connectivity index (χ3n) is 2.41. The Morgan fingerprint density at radius 1 is 1.21 bits per heavy atom. The average molecular weight is 292 g/mol. The molecule has 14 heavy (non-hydrogen) atoms. The molecule has 0 aliphatic rings. The number of halogens is 1. The minimum atomic E-state index is -1.37. The van der Waals surface area contributed by atoms with Crippen LogP contribution in [0.15, 0.2) is 0 Å². The van der Waals surface area contributed by atoms with E-state index in [2.05, 4.69) is 34.6 Å². The zero-order valence-electron chi connectivity index (χ0n) is 10.1. The summed E-state index contributed by atoms with van der Waals surface area (Å²) in [5.41, 5.74) is 0. The second-order valence-corrected chi connectivity index (χ2v) is 8.18. The maximum atomic E-state index is 6.08. The van der Waals surface area contributed by atoms with E-state index in [4.69, 9.17) is 4.43 Å². The van der Waals surface area contributed by atoms with E-state index in [0.717, 1.165) is 6.42 Å². The maximum Gasteiger partial charge on any atom is 2.00 e. The van der Waals surface area contributed by atoms with E-state index in [1.54, 1.807) is 0 Å². The zero-order chi connectivity index (χ0) is 9.61. The van der Waals surface area contributed by atoms with Crippen molar-refractivity contribution in [1.29, 1.82) is 0 Å². The van der Waals surface area contributed by atoms with Gasteiger partial charge in [0, 0.05) is 6.10 Å². The number of rotatable bonds is 6. The van der Waals surface area contributed by atoms with E-state index in [-0.39, 0.29) is 40.0 Å². The summed E-state index contributed by atoms with van der Waals surface area (Å²) in [5, 5.41) is 0. The first-order valence-corrected chi connectivity index (χ1v) is 7.60. The molecule has 0 aromatic heterocycles. The Morgan fingerprint density at radius 3 is 1.86 bits per heavy atom. The molecular formula is C10H23BrMgOSi. The van der Waals surface area contributed by atoms with Gasteiger partial charge in [-0.1, -0.05) is 19.9 Å². The van der Waals surface area contributed by atoms with Gasteiger partial charge in [-0.2, -0.15) is 6.42 Å². The third-order valence-corrected chi connectivity index (χ3v) is 7.22. The standard InChI is InChI=1S/C10H23OSi.BrH.Mg/c1-6-9-12(7-2,8-3)11-10(4)5;;/h10H,1,6-9H2,2-5H3;1H;/q-1;;+2/p-1. The number of hydrogen-bond donors (Lipinski definition) is 0. The minimum absolute atomic E-state index is 0. The van der Waals surface area contributed by atoms with Gasteiger partial charge >= 0.3 is 23.1 Å². The molecule has 0 spiro atoms. The fraction of sp³-hybridized carbons (Fsp3) is 0.900. The Hall–Kier alpha value is 1.42. The van der Waals surface area contributed by atoms with Crippen LogP contribution in [0.5, 0.6) is 0 Å². The molecule has 0 atom stereocenters. The SMILES string of the molecule is [Br-].[CH2-]CC[Si](CC)(CC)OC(C)C.[Mg+2]. The molecule has 0 radical (unpaired) electrons. The molecule has 0 unspecified atom stereocenters. The summed E-state index contributed by atoms with van der Waals surface area (Å²) in [6.45, 7) is 12.7. The third kappa shape index (κ3) is 7.68. The molecule has 4 heteroatoms. The van der Waals surface area contributed by atoms with Crippen molar-refractivity contribution in [3.63, 3.8) is 0 Å². The molecule has 0 aliphatic carbocycles. The maximum absolute atomic E-state index is 6.08. The van der Waals surface area contributed by atoms with Gasteiger partial charge in [0.1, 0.15) is 0 Å². The van der Waals surface area contributed by atoms with Gasteiger partial charge in [0.2, 0.25) is 0 Å². The molecule has 1 nitrogen and oxygen atoms in total. The summed E-state index contributed by atoms with van der Waals surface area (Å²) in [5.74, 6) is 0. The largest absolute Gasteiger partial charge is 2.00 e. The van der Waals surface area contributed by atoms with Crippen LogP contribution in [0, 0.1) is 6.92 Å². The normalized spacial score (nSPS) is 10.7. The van der Waals surface area contributed by atoms with Crippen molar-refractivity contribution < 1.29 is 21.4 Å². The summed E-state index contributed by atoms with van der Waals surface area (Å²) in [7, 11) is -1.37. The van der Waals surface area contributed by atoms with Gasteiger partial charge in [0.25, 0.3) is 0 Å². The van der Waals surface area contributed by atoms with Crippen LogP contribution in [-0.4, -0.2) is 37.5 Å². The summed E-state index contributed by atoms with van der Waals surface area (Å²) < 4.78 is 6.08. The van der Waals surface area contributed by atoms with Crippen LogP contribution in [0.2, 0.25) is 18.1 Å². The molecule has 82 valence electrons. The Kier molecular flexibility index (Phi) is 16.2. The van der Waals surface area contributed by atoms with Crippen LogP contribution in [0.4, 0.5) is 0 Å². The molecule has 0 N–H and O–H groups in total. The fourth-order valence-corrected chi connectivity index (χ4v) is 4.95. The van der Waals surface area contributed by atoms with Crippen LogP contribution >= 0.6 is 0 Å². The van der Waals surface area contributed by atoms with Crippen LogP contribution in [0.1, 0.15) is 34.1 Å². The molecule has 0 amide bonds. The van der Waals surface area contributed by atoms with E-state index in [9.17, 15) is 0 Å². The zero-order valence-corrected chi connectivity index (χ0v) is 14.1. The van der Waals surface area contributed by atoms with Crippen molar-refractivity contribution in [2.75, 3.05) is 0 Å². The molecule has 0 saturated heterocycles. The second kappa shape index (κ2) is 10.9. The van der Waals surface area contributed by atoms with Gasteiger partial charge in [-0.15, -0.1) is 0 Å². The molecule has 0 heterocycles. The fourth-order valence-electron chi connectivity index (χ4n) is 1.65. The summed E-state index contributed by atoms with van der Waals surface area (Å²) >= 11 is 0. The summed E-state index contributed by atoms with van der Waals surface area (Å²) in [6.07, 6.45) is 1.42. The molecule has 0 aromatic carbocycles. The van der Waals surface area contributed by atoms with Crippen LogP contribution in [-0.2, 0) is 4.43 Å². The Labute approximate surface area is 117 Å². The van der Waals surface area contributed by atoms with Crippen molar-refractivity contribution in [2.45, 2.75) is 58.4 Å². The average Bonchev–Trinajstić information content (AvgIpc) is 2.03. The molecule has 0 saturated carbocycles. The van der Waals surface area contributed by atoms with Crippen molar-refractivity contribution in [2.24, 2.45) is 0 Å². The van der Waals surface area contributed by atoms with Crippen molar-refractivity contribution in [1.82, 2.24) is 0 Å². The molecule has 0 rings (SSSR count). The van der Waals surface area contributed by atoms with Crippen molar-refractivity contribution in [3.8, 4) is 0 Å². The molecule has 0 aromatic rings. The Balaban J connectivity index is -0.000000605. The first-order chi connectivity index (χ1) is 5.60. The minimum Gasteiger partial charge on any atom is -1.00 e. The summed E-state index contributed by atoms with van der Waals surface area (Å²) in [6, 6.07) is 3.69. The van der Waals surface area contributed by atoms with Gasteiger partial charge in [-0.25, -0.2) is 0 Å². The van der Waals surface area contributed by atoms with Crippen molar-refractivity contribution in [3.05, 3.63) is 6.92 Å². The van der Waals surface area contributed by atoms with Gasteiger partial charge < -0.3 is 28.3 Å². The van der Waals surface area contributed by atoms with Crippen molar-refractivity contribution >= 4 is 31.4 Å². The number of hydrogen-bond acceptors (Lipinski definition) is 1. The molecule has 0 bridgehead atoms. The topological polar surface area (TPSA) is 9.23 Å². The van der Waals surface area contributed by atoms with E-state index < -0.39 is 8.32 Å². The van der Waals surface area contributed by atoms with Crippen LogP contribution in [0.3, 0.4) is 0 Å². The van der Waals surface area contributed by atoms with E-state index in [1.165, 1.54) is 18.1 Å². The Morgan fingerprint density at radius 2 is 1.64 bits per heavy atom. The first kappa shape index (κ1) is 20.8. The van der Waals surface area contributed by atoms with Gasteiger partial charge in [0.05, 0.1) is 0 Å². The first-order valence-electron chi connectivity index (χ1n) is 5.07. The molecular weight excluding hydrogens is 268 g/mol. The predicted octanol–water partition coefficient (Wildman–Crippen LogP) is 0.244. The van der Waals surface area contributed by atoms with Crippen LogP contribution < -0.4 is 17.0 Å².